The molecule has 6 nitrogen and oxygen atoms in total. The molecule has 0 radical (unpaired) electrons. The highest BCUT2D eigenvalue weighted by Gasteiger charge is 2.19. The molecule has 0 amide bonds. The summed E-state index contributed by atoms with van der Waals surface area (Å²) in [6, 6.07) is 3.11. The first-order valence-electron chi connectivity index (χ1n) is 4.73. The Morgan fingerprint density at radius 2 is 2.35 bits per heavy atom. The molecule has 0 aromatic carbocycles. The molecule has 8 heteroatoms. The maximum Gasteiger partial charge on any atom is 0.306 e. The highest BCUT2D eigenvalue weighted by Crippen LogP contribution is 2.15. The van der Waals surface area contributed by atoms with Gasteiger partial charge in [-0.05, 0) is 11.4 Å². The number of carbonyl (C=O) groups is 1. The molecule has 0 aliphatic rings. The molecule has 0 aliphatic carbocycles. The van der Waals surface area contributed by atoms with Gasteiger partial charge in [0.2, 0.25) is 10.0 Å². The number of thiophene rings is 1. The van der Waals surface area contributed by atoms with Gasteiger partial charge < -0.3 is 9.84 Å². The number of rotatable bonds is 7. The van der Waals surface area contributed by atoms with E-state index in [-0.39, 0.29) is 17.2 Å². The summed E-state index contributed by atoms with van der Waals surface area (Å²) in [5, 5.41) is 10.2. The van der Waals surface area contributed by atoms with Crippen LogP contribution in [-0.4, -0.2) is 39.3 Å². The highest BCUT2D eigenvalue weighted by molar-refractivity contribution is 7.91. The summed E-state index contributed by atoms with van der Waals surface area (Å²) in [6.07, 6.45) is -0.925. The number of nitrogens with one attached hydrogen (secondary N) is 1. The van der Waals surface area contributed by atoms with Crippen molar-refractivity contribution in [1.29, 1.82) is 0 Å². The van der Waals surface area contributed by atoms with Crippen LogP contribution in [0.4, 0.5) is 0 Å². The Morgan fingerprint density at radius 3 is 2.82 bits per heavy atom. The number of aliphatic carboxylic acids is 1. The molecule has 1 atom stereocenters. The number of methoxy groups -OCH3 is 1. The van der Waals surface area contributed by atoms with Gasteiger partial charge in [0, 0.05) is 13.7 Å². The molecular formula is C9H13NO5S2. The maximum absolute atomic E-state index is 11.7. The van der Waals surface area contributed by atoms with Crippen LogP contribution in [-0.2, 0) is 19.6 Å². The molecule has 96 valence electrons. The van der Waals surface area contributed by atoms with Crippen molar-refractivity contribution in [3.63, 3.8) is 0 Å². The minimum atomic E-state index is -3.56. The molecule has 0 aliphatic heterocycles. The highest BCUT2D eigenvalue weighted by atomic mass is 32.2. The van der Waals surface area contributed by atoms with Crippen molar-refractivity contribution >= 4 is 27.3 Å². The standard InChI is InChI=1S/C9H13NO5S2/c1-15-7(5-8(11)12)6-10-17(13,14)9-3-2-4-16-9/h2-4,7,10H,5-6H2,1H3,(H,11,12). The van der Waals surface area contributed by atoms with E-state index >= 15 is 0 Å². The number of ether oxygens (including phenoxy) is 1. The van der Waals surface area contributed by atoms with Crippen molar-refractivity contribution in [2.45, 2.75) is 16.7 Å². The zero-order valence-corrected chi connectivity index (χ0v) is 10.8. The van der Waals surface area contributed by atoms with Gasteiger partial charge in [0.05, 0.1) is 12.5 Å². The predicted octanol–water partition coefficient (Wildman–Crippen LogP) is 0.516. The van der Waals surface area contributed by atoms with Crippen LogP contribution in [0.1, 0.15) is 6.42 Å². The molecular weight excluding hydrogens is 266 g/mol. The number of hydrogen-bond acceptors (Lipinski definition) is 5. The number of sulfonamides is 1. The molecule has 0 spiro atoms. The summed E-state index contributed by atoms with van der Waals surface area (Å²) in [6.45, 7) is -0.0664. The molecule has 1 rings (SSSR count). The summed E-state index contributed by atoms with van der Waals surface area (Å²) >= 11 is 1.10. The van der Waals surface area contributed by atoms with Gasteiger partial charge in [0.1, 0.15) is 4.21 Å². The molecule has 17 heavy (non-hydrogen) atoms. The second-order valence-corrected chi connectivity index (χ2v) is 6.18. The monoisotopic (exact) mass is 279 g/mol. The van der Waals surface area contributed by atoms with Crippen molar-refractivity contribution in [3.8, 4) is 0 Å². The van der Waals surface area contributed by atoms with Crippen LogP contribution in [0.15, 0.2) is 21.7 Å². The molecule has 0 saturated carbocycles. The van der Waals surface area contributed by atoms with E-state index in [1.807, 2.05) is 0 Å². The molecule has 1 unspecified atom stereocenters. The van der Waals surface area contributed by atoms with Crippen LogP contribution in [0, 0.1) is 0 Å². The topological polar surface area (TPSA) is 92.7 Å². The van der Waals surface area contributed by atoms with E-state index in [1.165, 1.54) is 13.2 Å². The van der Waals surface area contributed by atoms with E-state index < -0.39 is 22.1 Å². The Kier molecular flexibility index (Phi) is 5.06. The van der Waals surface area contributed by atoms with E-state index in [1.54, 1.807) is 11.4 Å². The summed E-state index contributed by atoms with van der Waals surface area (Å²) in [5.74, 6) is -1.04. The second-order valence-electron chi connectivity index (χ2n) is 3.24. The lowest BCUT2D eigenvalue weighted by Crippen LogP contribution is -2.34. The van der Waals surface area contributed by atoms with E-state index in [4.69, 9.17) is 9.84 Å². The summed E-state index contributed by atoms with van der Waals surface area (Å²) in [7, 11) is -2.22. The van der Waals surface area contributed by atoms with Crippen LogP contribution in [0.2, 0.25) is 0 Å². The quantitative estimate of drug-likeness (QED) is 0.759. The van der Waals surface area contributed by atoms with Crippen LogP contribution < -0.4 is 4.72 Å². The molecule has 1 aromatic heterocycles. The minimum absolute atomic E-state index is 0.0664. The normalized spacial score (nSPS) is 13.5. The fourth-order valence-electron chi connectivity index (χ4n) is 1.12. The first kappa shape index (κ1) is 14.1. The van der Waals surface area contributed by atoms with Crippen molar-refractivity contribution in [2.75, 3.05) is 13.7 Å². The largest absolute Gasteiger partial charge is 0.481 e. The molecule has 1 heterocycles. The van der Waals surface area contributed by atoms with E-state index in [0.717, 1.165) is 11.3 Å². The summed E-state index contributed by atoms with van der Waals surface area (Å²) in [5.41, 5.74) is 0. The van der Waals surface area contributed by atoms with Crippen molar-refractivity contribution < 1.29 is 23.1 Å². The number of carboxylic acids is 1. The first-order valence-corrected chi connectivity index (χ1v) is 7.09. The van der Waals surface area contributed by atoms with Gasteiger partial charge >= 0.3 is 5.97 Å². The number of hydrogen-bond donors (Lipinski definition) is 2. The van der Waals surface area contributed by atoms with Crippen molar-refractivity contribution in [1.82, 2.24) is 4.72 Å². The van der Waals surface area contributed by atoms with Gasteiger partial charge in [-0.1, -0.05) is 6.07 Å². The molecule has 0 saturated heterocycles. The van der Waals surface area contributed by atoms with Gasteiger partial charge in [-0.3, -0.25) is 4.79 Å². The summed E-state index contributed by atoms with van der Waals surface area (Å²) < 4.78 is 30.8. The lowest BCUT2D eigenvalue weighted by molar-refractivity contribution is -0.139. The smallest absolute Gasteiger partial charge is 0.306 e. The van der Waals surface area contributed by atoms with Crippen LogP contribution in [0.3, 0.4) is 0 Å². The molecule has 2 N–H and O–H groups in total. The van der Waals surface area contributed by atoms with Crippen LogP contribution in [0.25, 0.3) is 0 Å². The third kappa shape index (κ3) is 4.43. The Morgan fingerprint density at radius 1 is 1.65 bits per heavy atom. The van der Waals surface area contributed by atoms with Gasteiger partial charge in [0.15, 0.2) is 0 Å². The van der Waals surface area contributed by atoms with Gasteiger partial charge in [0.25, 0.3) is 0 Å². The Labute approximate surface area is 103 Å². The Bertz CT molecular complexity index is 454. The fourth-order valence-corrected chi connectivity index (χ4v) is 3.23. The number of carboxylic acid groups (broad SMARTS) is 1. The average molecular weight is 279 g/mol. The molecule has 0 fully saturated rings. The third-order valence-electron chi connectivity index (χ3n) is 2.00. The Balaban J connectivity index is 2.57. The third-order valence-corrected chi connectivity index (χ3v) is 4.82. The van der Waals surface area contributed by atoms with Crippen molar-refractivity contribution in [2.24, 2.45) is 0 Å². The molecule has 0 bridgehead atoms. The average Bonchev–Trinajstić information content (AvgIpc) is 2.77. The minimum Gasteiger partial charge on any atom is -0.481 e. The molecule has 1 aromatic rings. The van der Waals surface area contributed by atoms with E-state index in [0.29, 0.717) is 0 Å². The maximum atomic E-state index is 11.7. The first-order chi connectivity index (χ1) is 7.95. The zero-order valence-electron chi connectivity index (χ0n) is 9.12. The van der Waals surface area contributed by atoms with Gasteiger partial charge in [-0.2, -0.15) is 0 Å². The zero-order chi connectivity index (χ0) is 12.9. The Hall–Kier alpha value is -0.960. The lowest BCUT2D eigenvalue weighted by Gasteiger charge is -2.13. The van der Waals surface area contributed by atoms with Gasteiger partial charge in [-0.25, -0.2) is 13.1 Å². The summed E-state index contributed by atoms with van der Waals surface area (Å²) in [4.78, 5) is 10.5. The van der Waals surface area contributed by atoms with Crippen molar-refractivity contribution in [3.05, 3.63) is 17.5 Å². The SMILES string of the molecule is COC(CNS(=O)(=O)c1cccs1)CC(=O)O. The lowest BCUT2D eigenvalue weighted by atomic mass is 10.2. The van der Waals surface area contributed by atoms with E-state index in [9.17, 15) is 13.2 Å². The predicted molar refractivity (Wildman–Crippen MR) is 62.6 cm³/mol. The fraction of sp³-hybridized carbons (Fsp3) is 0.444. The second kappa shape index (κ2) is 6.10. The van der Waals surface area contributed by atoms with Crippen LogP contribution >= 0.6 is 11.3 Å². The van der Waals surface area contributed by atoms with E-state index in [2.05, 4.69) is 4.72 Å². The van der Waals surface area contributed by atoms with Crippen LogP contribution in [0.5, 0.6) is 0 Å². The van der Waals surface area contributed by atoms with Gasteiger partial charge in [-0.15, -0.1) is 11.3 Å².